The zero-order valence-corrected chi connectivity index (χ0v) is 19.2. The van der Waals surface area contributed by atoms with Crippen LogP contribution in [0.4, 0.5) is 24.0 Å². The number of alkyl halides is 3. The Morgan fingerprint density at radius 2 is 1.91 bits per heavy atom. The first-order valence-electron chi connectivity index (χ1n) is 9.74. The van der Waals surface area contributed by atoms with Gasteiger partial charge in [-0.15, -0.1) is 22.7 Å². The number of benzene rings is 1. The van der Waals surface area contributed by atoms with E-state index in [-0.39, 0.29) is 12.5 Å². The Hall–Kier alpha value is -2.50. The second-order valence-electron chi connectivity index (χ2n) is 7.75. The second kappa shape index (κ2) is 8.45. The summed E-state index contributed by atoms with van der Waals surface area (Å²) >= 11 is 2.89. The molecule has 0 unspecified atom stereocenters. The van der Waals surface area contributed by atoms with E-state index in [0.717, 1.165) is 33.4 Å². The third-order valence-corrected chi connectivity index (χ3v) is 7.16. The Balaban J connectivity index is 1.45. The van der Waals surface area contributed by atoms with Crippen LogP contribution < -0.4 is 10.2 Å². The van der Waals surface area contributed by atoms with Crippen LogP contribution in [-0.2, 0) is 15.7 Å². The van der Waals surface area contributed by atoms with Crippen LogP contribution in [0.1, 0.15) is 16.3 Å². The number of carbonyl (C=O) groups excluding carboxylic acids is 1. The first-order chi connectivity index (χ1) is 15.1. The predicted octanol–water partition coefficient (Wildman–Crippen LogP) is 4.99. The highest BCUT2D eigenvalue weighted by Crippen LogP contribution is 2.38. The first-order valence-corrected chi connectivity index (χ1v) is 11.4. The van der Waals surface area contributed by atoms with Gasteiger partial charge in [0.2, 0.25) is 5.91 Å². The molecule has 0 atom stereocenters. The van der Waals surface area contributed by atoms with Gasteiger partial charge in [0.05, 0.1) is 33.4 Å². The van der Waals surface area contributed by atoms with E-state index in [1.54, 1.807) is 11.3 Å². The lowest BCUT2D eigenvalue weighted by Crippen LogP contribution is -2.64. The van der Waals surface area contributed by atoms with Crippen molar-refractivity contribution < 1.29 is 22.7 Å². The molecule has 1 aliphatic rings. The highest BCUT2D eigenvalue weighted by Gasteiger charge is 2.50. The van der Waals surface area contributed by atoms with Gasteiger partial charge in [-0.05, 0) is 38.1 Å². The molecular weight excluding hydrogens is 461 g/mol. The molecule has 1 aliphatic heterocycles. The smallest absolute Gasteiger partial charge is 0.383 e. The standard InChI is InChI=1S/C21H21F3N4O2S2/c1-12-17(32-13(2)25-12)16-8-31-19(26-16)27-18(29)20(11-30-3)9-28(10-20)15-6-4-14(5-7-15)21(22,23)24/h4-8H,9-11H2,1-3H3,(H,26,27,29). The number of amides is 1. The van der Waals surface area contributed by atoms with Crippen molar-refractivity contribution in [2.75, 3.05) is 37.0 Å². The van der Waals surface area contributed by atoms with Crippen molar-refractivity contribution in [2.45, 2.75) is 20.0 Å². The molecule has 0 spiro atoms. The molecule has 1 fully saturated rings. The Bertz CT molecular complexity index is 1120. The maximum atomic E-state index is 13.1. The summed E-state index contributed by atoms with van der Waals surface area (Å²) in [6.07, 6.45) is -4.38. The van der Waals surface area contributed by atoms with Gasteiger partial charge in [0.1, 0.15) is 5.41 Å². The molecule has 0 saturated carbocycles. The maximum Gasteiger partial charge on any atom is 0.416 e. The van der Waals surface area contributed by atoms with Gasteiger partial charge in [0.25, 0.3) is 0 Å². The molecule has 170 valence electrons. The number of rotatable bonds is 6. The highest BCUT2D eigenvalue weighted by molar-refractivity contribution is 7.16. The van der Waals surface area contributed by atoms with E-state index in [2.05, 4.69) is 15.3 Å². The van der Waals surface area contributed by atoms with Crippen molar-refractivity contribution in [3.05, 3.63) is 45.9 Å². The molecule has 0 bridgehead atoms. The average molecular weight is 483 g/mol. The van der Waals surface area contributed by atoms with Gasteiger partial charge >= 0.3 is 6.18 Å². The summed E-state index contributed by atoms with van der Waals surface area (Å²) in [6, 6.07) is 4.94. The summed E-state index contributed by atoms with van der Waals surface area (Å²) in [6.45, 7) is 4.73. The molecule has 0 radical (unpaired) electrons. The number of hydrogen-bond acceptors (Lipinski definition) is 7. The zero-order chi connectivity index (χ0) is 23.1. The lowest BCUT2D eigenvalue weighted by Gasteiger charge is -2.49. The van der Waals surface area contributed by atoms with E-state index < -0.39 is 17.2 Å². The second-order valence-corrected chi connectivity index (χ2v) is 9.81. The Morgan fingerprint density at radius 3 is 2.47 bits per heavy atom. The monoisotopic (exact) mass is 482 g/mol. The Labute approximate surface area is 191 Å². The minimum absolute atomic E-state index is 0.196. The van der Waals surface area contributed by atoms with Gasteiger partial charge in [0.15, 0.2) is 5.13 Å². The van der Waals surface area contributed by atoms with E-state index >= 15 is 0 Å². The summed E-state index contributed by atoms with van der Waals surface area (Å²) < 4.78 is 43.7. The van der Waals surface area contributed by atoms with Crippen molar-refractivity contribution in [1.29, 1.82) is 0 Å². The molecule has 2 aromatic heterocycles. The SMILES string of the molecule is COCC1(C(=O)Nc2nc(-c3sc(C)nc3C)cs2)CN(c2ccc(C(F)(F)F)cc2)C1. The quantitative estimate of drug-likeness (QED) is 0.536. The van der Waals surface area contributed by atoms with Crippen molar-refractivity contribution in [1.82, 2.24) is 9.97 Å². The summed E-state index contributed by atoms with van der Waals surface area (Å²) in [5.41, 5.74) is 0.797. The third-order valence-electron chi connectivity index (χ3n) is 5.31. The molecule has 1 aromatic carbocycles. The summed E-state index contributed by atoms with van der Waals surface area (Å²) in [5.74, 6) is -0.222. The lowest BCUT2D eigenvalue weighted by atomic mass is 9.79. The number of carbonyl (C=O) groups is 1. The van der Waals surface area contributed by atoms with Gasteiger partial charge in [-0.1, -0.05) is 0 Å². The fraction of sp³-hybridized carbons (Fsp3) is 0.381. The third kappa shape index (κ3) is 4.37. The Kier molecular flexibility index (Phi) is 5.99. The molecule has 3 aromatic rings. The Morgan fingerprint density at radius 1 is 1.22 bits per heavy atom. The van der Waals surface area contributed by atoms with Crippen molar-refractivity contribution >= 4 is 39.4 Å². The van der Waals surface area contributed by atoms with Crippen LogP contribution >= 0.6 is 22.7 Å². The van der Waals surface area contributed by atoms with Gasteiger partial charge in [-0.25, -0.2) is 9.97 Å². The number of thiazole rings is 2. The fourth-order valence-electron chi connectivity index (χ4n) is 3.74. The van der Waals surface area contributed by atoms with Crippen LogP contribution in [0.2, 0.25) is 0 Å². The number of nitrogens with one attached hydrogen (secondary N) is 1. The number of anilines is 2. The van der Waals surface area contributed by atoms with Gasteiger partial charge in [-0.3, -0.25) is 4.79 Å². The van der Waals surface area contributed by atoms with Gasteiger partial charge in [-0.2, -0.15) is 13.2 Å². The van der Waals surface area contributed by atoms with Crippen LogP contribution in [0.3, 0.4) is 0 Å². The maximum absolute atomic E-state index is 13.1. The van der Waals surface area contributed by atoms with Crippen molar-refractivity contribution in [3.63, 3.8) is 0 Å². The molecular formula is C21H21F3N4O2S2. The number of methoxy groups -OCH3 is 1. The highest BCUT2D eigenvalue weighted by atomic mass is 32.1. The van der Waals surface area contributed by atoms with Crippen molar-refractivity contribution in [3.8, 4) is 10.6 Å². The fourth-order valence-corrected chi connectivity index (χ4v) is 5.39. The summed E-state index contributed by atoms with van der Waals surface area (Å²) in [4.78, 5) is 24.9. The number of aromatic nitrogens is 2. The van der Waals surface area contributed by atoms with Crippen molar-refractivity contribution in [2.24, 2.45) is 5.41 Å². The topological polar surface area (TPSA) is 67.3 Å². The summed E-state index contributed by atoms with van der Waals surface area (Å²) in [7, 11) is 1.52. The number of ether oxygens (including phenoxy) is 1. The van der Waals surface area contributed by atoms with Crippen LogP contribution in [0.5, 0.6) is 0 Å². The van der Waals surface area contributed by atoms with Crippen LogP contribution in [-0.4, -0.2) is 42.7 Å². The average Bonchev–Trinajstić information content (AvgIpc) is 3.29. The van der Waals surface area contributed by atoms with E-state index in [4.69, 9.17) is 4.74 Å². The number of hydrogen-bond donors (Lipinski definition) is 1. The van der Waals surface area contributed by atoms with E-state index in [9.17, 15) is 18.0 Å². The minimum Gasteiger partial charge on any atom is -0.383 e. The largest absolute Gasteiger partial charge is 0.416 e. The van der Waals surface area contributed by atoms with Gasteiger partial charge < -0.3 is 15.0 Å². The van der Waals surface area contributed by atoms with E-state index in [1.165, 1.54) is 30.6 Å². The van der Waals surface area contributed by atoms with Crippen LogP contribution in [0.25, 0.3) is 10.6 Å². The molecule has 32 heavy (non-hydrogen) atoms. The molecule has 1 N–H and O–H groups in total. The van der Waals surface area contributed by atoms with Crippen LogP contribution in [0, 0.1) is 19.3 Å². The summed E-state index contributed by atoms with van der Waals surface area (Å²) in [5, 5.41) is 6.20. The molecule has 11 heteroatoms. The number of aryl methyl sites for hydroxylation is 2. The van der Waals surface area contributed by atoms with Gasteiger partial charge in [0, 0.05) is 31.3 Å². The molecule has 0 aliphatic carbocycles. The normalized spacial score (nSPS) is 15.5. The molecule has 3 heterocycles. The van der Waals surface area contributed by atoms with Crippen LogP contribution in [0.15, 0.2) is 29.6 Å². The zero-order valence-electron chi connectivity index (χ0n) is 17.6. The number of halogens is 3. The first kappa shape index (κ1) is 22.7. The van der Waals surface area contributed by atoms with E-state index in [1.807, 2.05) is 24.1 Å². The molecule has 1 amide bonds. The minimum atomic E-state index is -4.38. The number of nitrogens with zero attached hydrogens (tertiary/aromatic N) is 3. The molecule has 4 rings (SSSR count). The molecule has 1 saturated heterocycles. The lowest BCUT2D eigenvalue weighted by molar-refractivity contribution is -0.137. The predicted molar refractivity (Wildman–Crippen MR) is 119 cm³/mol. The van der Waals surface area contributed by atoms with E-state index in [0.29, 0.717) is 23.9 Å². The molecule has 6 nitrogen and oxygen atoms in total.